The second kappa shape index (κ2) is 12.1. The van der Waals surface area contributed by atoms with Crippen molar-refractivity contribution < 1.29 is 8.83 Å². The molecule has 0 aliphatic carbocycles. The zero-order valence-corrected chi connectivity index (χ0v) is 28.9. The number of hydrogen-bond donors (Lipinski definition) is 0. The number of rotatable bonds is 5. The van der Waals surface area contributed by atoms with Crippen LogP contribution in [-0.2, 0) is 0 Å². The van der Waals surface area contributed by atoms with Crippen LogP contribution in [0.25, 0.3) is 111 Å². The average Bonchev–Trinajstić information content (AvgIpc) is 3.83. The normalized spacial score (nSPS) is 11.7. The fourth-order valence-corrected chi connectivity index (χ4v) is 7.76. The lowest BCUT2D eigenvalue weighted by molar-refractivity contribution is 0.670. The molecule has 0 saturated carbocycles. The number of fused-ring (bicyclic) bond motifs is 8. The molecule has 252 valence electrons. The van der Waals surface area contributed by atoms with E-state index in [0.717, 1.165) is 105 Å². The maximum atomic E-state index is 6.71. The van der Waals surface area contributed by atoms with Gasteiger partial charge in [0, 0.05) is 54.9 Å². The summed E-state index contributed by atoms with van der Waals surface area (Å²) in [4.78, 5) is 15.7. The Hall–Kier alpha value is -7.37. The van der Waals surface area contributed by atoms with E-state index in [1.54, 1.807) is 0 Å². The second-order valence-electron chi connectivity index (χ2n) is 13.5. The maximum Gasteiger partial charge on any atom is 0.160 e. The van der Waals surface area contributed by atoms with Crippen molar-refractivity contribution in [3.8, 4) is 56.3 Å². The van der Waals surface area contributed by atoms with Crippen LogP contribution in [0.2, 0.25) is 0 Å². The summed E-state index contributed by atoms with van der Waals surface area (Å²) >= 11 is 0. The zero-order chi connectivity index (χ0) is 35.6. The lowest BCUT2D eigenvalue weighted by atomic mass is 9.96. The molecule has 11 aromatic rings. The molecule has 5 nitrogen and oxygen atoms in total. The van der Waals surface area contributed by atoms with E-state index in [0.29, 0.717) is 5.82 Å². The van der Waals surface area contributed by atoms with Gasteiger partial charge in [-0.2, -0.15) is 0 Å². The maximum absolute atomic E-state index is 6.71. The van der Waals surface area contributed by atoms with Gasteiger partial charge in [-0.1, -0.05) is 146 Å². The summed E-state index contributed by atoms with van der Waals surface area (Å²) in [6, 6.07) is 60.0. The van der Waals surface area contributed by atoms with E-state index >= 15 is 0 Å². The molecule has 54 heavy (non-hydrogen) atoms. The fraction of sp³-hybridized carbons (Fsp3) is 0. The van der Waals surface area contributed by atoms with Gasteiger partial charge in [-0.25, -0.2) is 15.0 Å². The quantitative estimate of drug-likeness (QED) is 0.180. The van der Waals surface area contributed by atoms with Crippen LogP contribution in [0.1, 0.15) is 0 Å². The van der Waals surface area contributed by atoms with E-state index in [-0.39, 0.29) is 0 Å². The first-order valence-corrected chi connectivity index (χ1v) is 18.0. The number of furan rings is 2. The van der Waals surface area contributed by atoms with Crippen molar-refractivity contribution in [2.75, 3.05) is 0 Å². The Balaban J connectivity index is 1.16. The first-order valence-electron chi connectivity index (χ1n) is 18.0. The number of hydrogen-bond acceptors (Lipinski definition) is 5. The minimum absolute atomic E-state index is 0.675. The van der Waals surface area contributed by atoms with Crippen LogP contribution in [-0.4, -0.2) is 15.0 Å². The number of para-hydroxylation sites is 4. The molecule has 0 unspecified atom stereocenters. The van der Waals surface area contributed by atoms with E-state index in [2.05, 4.69) is 103 Å². The molecule has 0 bridgehead atoms. The van der Waals surface area contributed by atoms with E-state index in [1.165, 1.54) is 0 Å². The number of pyridine rings is 1. The van der Waals surface area contributed by atoms with Crippen LogP contribution in [0.5, 0.6) is 0 Å². The fourth-order valence-electron chi connectivity index (χ4n) is 7.76. The first kappa shape index (κ1) is 30.3. The topological polar surface area (TPSA) is 65.0 Å². The van der Waals surface area contributed by atoms with Crippen LogP contribution in [0.4, 0.5) is 0 Å². The van der Waals surface area contributed by atoms with Crippen molar-refractivity contribution in [1.82, 2.24) is 15.0 Å². The van der Waals surface area contributed by atoms with E-state index in [1.807, 2.05) is 72.8 Å². The van der Waals surface area contributed by atoms with Crippen LogP contribution >= 0.6 is 0 Å². The highest BCUT2D eigenvalue weighted by Crippen LogP contribution is 2.44. The summed E-state index contributed by atoms with van der Waals surface area (Å²) in [5, 5.41) is 5.11. The molecule has 7 aromatic carbocycles. The monoisotopic (exact) mass is 691 g/mol. The summed E-state index contributed by atoms with van der Waals surface area (Å²) in [6.45, 7) is 0. The molecule has 11 rings (SSSR count). The molecule has 0 fully saturated rings. The van der Waals surface area contributed by atoms with Gasteiger partial charge in [0.1, 0.15) is 22.3 Å². The lowest BCUT2D eigenvalue weighted by Crippen LogP contribution is -1.96. The Morgan fingerprint density at radius 3 is 1.70 bits per heavy atom. The van der Waals surface area contributed by atoms with Gasteiger partial charge in [0.2, 0.25) is 0 Å². The molecule has 0 spiro atoms. The van der Waals surface area contributed by atoms with Gasteiger partial charge in [0.15, 0.2) is 5.82 Å². The van der Waals surface area contributed by atoms with E-state index in [4.69, 9.17) is 23.8 Å². The van der Waals surface area contributed by atoms with Crippen molar-refractivity contribution in [2.45, 2.75) is 0 Å². The van der Waals surface area contributed by atoms with Gasteiger partial charge in [-0.15, -0.1) is 0 Å². The minimum Gasteiger partial charge on any atom is -0.455 e. The summed E-state index contributed by atoms with van der Waals surface area (Å²) in [5.74, 6) is 0.675. The van der Waals surface area contributed by atoms with Crippen LogP contribution < -0.4 is 0 Å². The van der Waals surface area contributed by atoms with Gasteiger partial charge < -0.3 is 8.83 Å². The minimum atomic E-state index is 0.675. The van der Waals surface area contributed by atoms with Crippen molar-refractivity contribution in [3.63, 3.8) is 0 Å². The first-order chi connectivity index (χ1) is 26.8. The average molecular weight is 692 g/mol. The standard InChI is InChI=1S/C49H29N3O2/c1-3-14-30(15-4-1)40-29-41(51-49(50-40)31-16-5-2-6-17-31)32-18-11-19-33(28-32)45-44-38-21-8-10-27-43(38)54-48(44)39-25-12-22-35(46(39)52-45)37-24-13-23-36-34-20-7-9-26-42(34)53-47(36)37/h1-29H. The molecule has 0 aliphatic heterocycles. The Kier molecular flexibility index (Phi) is 6.79. The summed E-state index contributed by atoms with van der Waals surface area (Å²) in [5.41, 5.74) is 12.6. The molecule has 4 aromatic heterocycles. The Bertz CT molecular complexity index is 3160. The Morgan fingerprint density at radius 1 is 0.352 bits per heavy atom. The number of nitrogens with zero attached hydrogens (tertiary/aromatic N) is 3. The van der Waals surface area contributed by atoms with Crippen LogP contribution in [0, 0.1) is 0 Å². The van der Waals surface area contributed by atoms with Crippen molar-refractivity contribution >= 4 is 54.8 Å². The molecule has 0 amide bonds. The largest absolute Gasteiger partial charge is 0.455 e. The number of benzene rings is 7. The zero-order valence-electron chi connectivity index (χ0n) is 28.9. The molecule has 0 aliphatic rings. The third-order valence-corrected chi connectivity index (χ3v) is 10.3. The molecule has 5 heteroatoms. The second-order valence-corrected chi connectivity index (χ2v) is 13.5. The molecular formula is C49H29N3O2. The van der Waals surface area contributed by atoms with Crippen LogP contribution in [0.15, 0.2) is 185 Å². The molecule has 0 saturated heterocycles. The van der Waals surface area contributed by atoms with Gasteiger partial charge in [0.05, 0.1) is 28.0 Å². The van der Waals surface area contributed by atoms with Crippen molar-refractivity contribution in [2.24, 2.45) is 0 Å². The predicted octanol–water partition coefficient (Wildman–Crippen LogP) is 13.2. The van der Waals surface area contributed by atoms with E-state index < -0.39 is 0 Å². The molecule has 4 heterocycles. The van der Waals surface area contributed by atoms with Crippen LogP contribution in [0.3, 0.4) is 0 Å². The highest BCUT2D eigenvalue weighted by atomic mass is 16.3. The van der Waals surface area contributed by atoms with E-state index in [9.17, 15) is 0 Å². The third-order valence-electron chi connectivity index (χ3n) is 10.3. The Labute approximate surface area is 309 Å². The van der Waals surface area contributed by atoms with Crippen molar-refractivity contribution in [3.05, 3.63) is 176 Å². The summed E-state index contributed by atoms with van der Waals surface area (Å²) in [6.07, 6.45) is 0. The summed E-state index contributed by atoms with van der Waals surface area (Å²) < 4.78 is 13.2. The van der Waals surface area contributed by atoms with Gasteiger partial charge in [0.25, 0.3) is 0 Å². The van der Waals surface area contributed by atoms with Crippen molar-refractivity contribution in [1.29, 1.82) is 0 Å². The lowest BCUT2D eigenvalue weighted by Gasteiger charge is -2.13. The highest BCUT2D eigenvalue weighted by molar-refractivity contribution is 6.21. The van der Waals surface area contributed by atoms with Gasteiger partial charge in [-0.3, -0.25) is 0 Å². The molecule has 0 N–H and O–H groups in total. The third kappa shape index (κ3) is 4.83. The SMILES string of the molecule is c1ccc(-c2cc(-c3cccc(-c4nc5c(-c6cccc7c6oc6ccccc67)cccc5c5oc6ccccc6c45)c3)nc(-c3ccccc3)n2)cc1. The highest BCUT2D eigenvalue weighted by Gasteiger charge is 2.22. The molecule has 0 radical (unpaired) electrons. The Morgan fingerprint density at radius 2 is 0.907 bits per heavy atom. The smallest absolute Gasteiger partial charge is 0.160 e. The predicted molar refractivity (Wildman–Crippen MR) is 219 cm³/mol. The number of aromatic nitrogens is 3. The molecule has 0 atom stereocenters. The molecular weight excluding hydrogens is 663 g/mol. The van der Waals surface area contributed by atoms with Gasteiger partial charge >= 0.3 is 0 Å². The summed E-state index contributed by atoms with van der Waals surface area (Å²) in [7, 11) is 0. The van der Waals surface area contributed by atoms with Gasteiger partial charge in [-0.05, 0) is 30.3 Å².